The van der Waals surface area contributed by atoms with Crippen molar-refractivity contribution in [3.05, 3.63) is 29.8 Å². The number of ether oxygens (including phenoxy) is 1. The number of hydrogen-bond donors (Lipinski definition) is 3. The number of carbonyl (C=O) groups is 1. The van der Waals surface area contributed by atoms with E-state index in [1.54, 1.807) is 13.2 Å². The van der Waals surface area contributed by atoms with Crippen LogP contribution < -0.4 is 15.8 Å². The summed E-state index contributed by atoms with van der Waals surface area (Å²) in [4.78, 5) is 12.2. The lowest BCUT2D eigenvalue weighted by Crippen LogP contribution is -2.37. The smallest absolute Gasteiger partial charge is 0.223 e. The second kappa shape index (κ2) is 7.43. The summed E-state index contributed by atoms with van der Waals surface area (Å²) in [6, 6.07) is 7.23. The van der Waals surface area contributed by atoms with Gasteiger partial charge in [0, 0.05) is 12.5 Å². The maximum Gasteiger partial charge on any atom is 0.223 e. The van der Waals surface area contributed by atoms with Crippen molar-refractivity contribution < 1.29 is 14.6 Å². The minimum absolute atomic E-state index is 0.00453. The number of aliphatic hydroxyl groups is 1. The number of nitrogens with two attached hydrogens (primary N) is 1. The van der Waals surface area contributed by atoms with Crippen molar-refractivity contribution in [2.75, 3.05) is 20.2 Å². The van der Waals surface area contributed by atoms with Gasteiger partial charge < -0.3 is 20.9 Å². The number of rotatable bonds is 6. The molecular formula is C16H24N2O3. The average Bonchev–Trinajstić information content (AvgIpc) is 3.01. The summed E-state index contributed by atoms with van der Waals surface area (Å²) in [6.45, 7) is 0.760. The van der Waals surface area contributed by atoms with Gasteiger partial charge in [-0.25, -0.2) is 0 Å². The van der Waals surface area contributed by atoms with Crippen LogP contribution in [-0.4, -0.2) is 31.2 Å². The van der Waals surface area contributed by atoms with Crippen molar-refractivity contribution in [2.24, 2.45) is 17.6 Å². The van der Waals surface area contributed by atoms with E-state index in [2.05, 4.69) is 5.32 Å². The molecule has 21 heavy (non-hydrogen) atoms. The Labute approximate surface area is 125 Å². The Morgan fingerprint density at radius 1 is 1.52 bits per heavy atom. The van der Waals surface area contributed by atoms with Crippen molar-refractivity contribution in [1.82, 2.24) is 5.32 Å². The maximum absolute atomic E-state index is 12.2. The van der Waals surface area contributed by atoms with Gasteiger partial charge in [0.1, 0.15) is 5.75 Å². The van der Waals surface area contributed by atoms with Crippen molar-refractivity contribution in [2.45, 2.75) is 25.4 Å². The molecule has 0 spiro atoms. The summed E-state index contributed by atoms with van der Waals surface area (Å²) in [7, 11) is 1.58. The fourth-order valence-electron chi connectivity index (χ4n) is 2.96. The zero-order chi connectivity index (χ0) is 15.2. The van der Waals surface area contributed by atoms with E-state index in [0.29, 0.717) is 12.3 Å². The number of carbonyl (C=O) groups excluding carboxylic acids is 1. The molecule has 1 amide bonds. The predicted octanol–water partition coefficient (Wildman–Crippen LogP) is 1.22. The van der Waals surface area contributed by atoms with Gasteiger partial charge >= 0.3 is 0 Å². The molecule has 2 rings (SSSR count). The standard InChI is InChI=1S/C16H24N2O3/c1-21-13-6-2-4-11(8-13)15(19)10-18-16(20)14-7-3-5-12(14)9-17/h2,4,6,8,12,14-15,19H,3,5,7,9-10,17H2,1H3,(H,18,20)/t12-,14-,15?/m1/s1. The first-order valence-electron chi connectivity index (χ1n) is 7.45. The fraction of sp³-hybridized carbons (Fsp3) is 0.562. The van der Waals surface area contributed by atoms with Gasteiger partial charge in [0.15, 0.2) is 0 Å². The Bertz CT molecular complexity index is 478. The molecule has 1 aromatic rings. The van der Waals surface area contributed by atoms with Gasteiger partial charge in [0.05, 0.1) is 13.2 Å². The number of hydrogen-bond acceptors (Lipinski definition) is 4. The van der Waals surface area contributed by atoms with Gasteiger partial charge in [-0.15, -0.1) is 0 Å². The van der Waals surface area contributed by atoms with E-state index in [4.69, 9.17) is 10.5 Å². The van der Waals surface area contributed by atoms with E-state index in [1.807, 2.05) is 18.2 Å². The Kier molecular flexibility index (Phi) is 5.59. The van der Waals surface area contributed by atoms with Crippen LogP contribution in [0.25, 0.3) is 0 Å². The molecule has 1 aliphatic carbocycles. The third-order valence-corrected chi connectivity index (χ3v) is 4.25. The third kappa shape index (κ3) is 3.95. The van der Waals surface area contributed by atoms with E-state index in [1.165, 1.54) is 0 Å². The molecule has 0 saturated heterocycles. The van der Waals surface area contributed by atoms with Crippen LogP contribution >= 0.6 is 0 Å². The first-order chi connectivity index (χ1) is 10.2. The number of benzene rings is 1. The number of nitrogens with one attached hydrogen (secondary N) is 1. The van der Waals surface area contributed by atoms with Gasteiger partial charge in [-0.3, -0.25) is 4.79 Å². The maximum atomic E-state index is 12.2. The summed E-state index contributed by atoms with van der Waals surface area (Å²) in [6.07, 6.45) is 2.23. The highest BCUT2D eigenvalue weighted by Gasteiger charge is 2.31. The molecule has 0 aromatic heterocycles. The molecule has 1 saturated carbocycles. The topological polar surface area (TPSA) is 84.6 Å². The summed E-state index contributed by atoms with van der Waals surface area (Å²) in [5.41, 5.74) is 6.43. The minimum atomic E-state index is -0.734. The highest BCUT2D eigenvalue weighted by atomic mass is 16.5. The van der Waals surface area contributed by atoms with Gasteiger partial charge in [-0.2, -0.15) is 0 Å². The molecule has 0 heterocycles. The molecule has 1 aliphatic rings. The second-order valence-electron chi connectivity index (χ2n) is 5.57. The van der Waals surface area contributed by atoms with Crippen LogP contribution in [0, 0.1) is 11.8 Å². The minimum Gasteiger partial charge on any atom is -0.497 e. The fourth-order valence-corrected chi connectivity index (χ4v) is 2.96. The largest absolute Gasteiger partial charge is 0.497 e. The van der Waals surface area contributed by atoms with Crippen LogP contribution in [0.2, 0.25) is 0 Å². The van der Waals surface area contributed by atoms with Gasteiger partial charge in [-0.05, 0) is 43.0 Å². The SMILES string of the molecule is COc1cccc(C(O)CNC(=O)[C@@H]2CCC[C@@H]2CN)c1. The van der Waals surface area contributed by atoms with E-state index in [-0.39, 0.29) is 24.3 Å². The summed E-state index contributed by atoms with van der Waals surface area (Å²) < 4.78 is 5.13. The van der Waals surface area contributed by atoms with Crippen LogP contribution in [0.4, 0.5) is 0 Å². The van der Waals surface area contributed by atoms with Crippen LogP contribution in [0.1, 0.15) is 30.9 Å². The zero-order valence-corrected chi connectivity index (χ0v) is 12.4. The number of aliphatic hydroxyl groups excluding tert-OH is 1. The number of methoxy groups -OCH3 is 1. The van der Waals surface area contributed by atoms with Crippen molar-refractivity contribution >= 4 is 5.91 Å². The van der Waals surface area contributed by atoms with E-state index in [0.717, 1.165) is 24.8 Å². The summed E-state index contributed by atoms with van der Waals surface area (Å²) in [5, 5.41) is 13.0. The average molecular weight is 292 g/mol. The quantitative estimate of drug-likeness (QED) is 0.736. The second-order valence-corrected chi connectivity index (χ2v) is 5.57. The summed E-state index contributed by atoms with van der Waals surface area (Å²) in [5.74, 6) is 0.966. The molecule has 3 atom stereocenters. The Morgan fingerprint density at radius 2 is 2.33 bits per heavy atom. The van der Waals surface area contributed by atoms with Crippen molar-refractivity contribution in [1.29, 1.82) is 0 Å². The molecule has 1 unspecified atom stereocenters. The van der Waals surface area contributed by atoms with Crippen LogP contribution in [-0.2, 0) is 4.79 Å². The van der Waals surface area contributed by atoms with Crippen LogP contribution in [0.3, 0.4) is 0 Å². The molecule has 4 N–H and O–H groups in total. The van der Waals surface area contributed by atoms with E-state index in [9.17, 15) is 9.90 Å². The van der Waals surface area contributed by atoms with Crippen molar-refractivity contribution in [3.8, 4) is 5.75 Å². The van der Waals surface area contributed by atoms with Gasteiger partial charge in [-0.1, -0.05) is 18.6 Å². The summed E-state index contributed by atoms with van der Waals surface area (Å²) >= 11 is 0. The molecule has 0 bridgehead atoms. The Morgan fingerprint density at radius 3 is 3.05 bits per heavy atom. The van der Waals surface area contributed by atoms with E-state index < -0.39 is 6.10 Å². The molecule has 0 radical (unpaired) electrons. The Balaban J connectivity index is 1.88. The highest BCUT2D eigenvalue weighted by molar-refractivity contribution is 5.79. The molecule has 116 valence electrons. The predicted molar refractivity (Wildman–Crippen MR) is 80.8 cm³/mol. The van der Waals surface area contributed by atoms with Crippen molar-refractivity contribution in [3.63, 3.8) is 0 Å². The van der Waals surface area contributed by atoms with Crippen LogP contribution in [0.5, 0.6) is 5.75 Å². The van der Waals surface area contributed by atoms with Gasteiger partial charge in [0.25, 0.3) is 0 Å². The monoisotopic (exact) mass is 292 g/mol. The highest BCUT2D eigenvalue weighted by Crippen LogP contribution is 2.31. The zero-order valence-electron chi connectivity index (χ0n) is 12.4. The molecule has 5 nitrogen and oxygen atoms in total. The molecule has 1 fully saturated rings. The molecule has 5 heteroatoms. The first kappa shape index (κ1) is 15.8. The van der Waals surface area contributed by atoms with Crippen LogP contribution in [0.15, 0.2) is 24.3 Å². The normalized spacial score (nSPS) is 22.8. The van der Waals surface area contributed by atoms with Gasteiger partial charge in [0.2, 0.25) is 5.91 Å². The Hall–Kier alpha value is -1.59. The lowest BCUT2D eigenvalue weighted by Gasteiger charge is -2.19. The number of amides is 1. The third-order valence-electron chi connectivity index (χ3n) is 4.25. The first-order valence-corrected chi connectivity index (χ1v) is 7.45. The molecule has 1 aromatic carbocycles. The lowest BCUT2D eigenvalue weighted by atomic mass is 9.95. The van der Waals surface area contributed by atoms with E-state index >= 15 is 0 Å². The molecular weight excluding hydrogens is 268 g/mol. The lowest BCUT2D eigenvalue weighted by molar-refractivity contribution is -0.126. The molecule has 0 aliphatic heterocycles.